The predicted octanol–water partition coefficient (Wildman–Crippen LogP) is 2.27. The highest BCUT2D eigenvalue weighted by Crippen LogP contribution is 2.34. The molecule has 0 amide bonds. The Labute approximate surface area is 112 Å². The third-order valence-electron chi connectivity index (χ3n) is 4.65. The van der Waals surface area contributed by atoms with Crippen molar-refractivity contribution in [3.8, 4) is 0 Å². The summed E-state index contributed by atoms with van der Waals surface area (Å²) in [4.78, 5) is 2.48. The van der Waals surface area contributed by atoms with Crippen LogP contribution in [0.15, 0.2) is 0 Å². The van der Waals surface area contributed by atoms with Crippen molar-refractivity contribution in [1.82, 2.24) is 10.2 Å². The lowest BCUT2D eigenvalue weighted by molar-refractivity contribution is -0.0264. The van der Waals surface area contributed by atoms with E-state index in [1.54, 1.807) is 0 Å². The normalized spacial score (nSPS) is 29.3. The van der Waals surface area contributed by atoms with Crippen LogP contribution < -0.4 is 5.32 Å². The van der Waals surface area contributed by atoms with Gasteiger partial charge in [0.25, 0.3) is 0 Å². The molecule has 0 radical (unpaired) electrons. The summed E-state index contributed by atoms with van der Waals surface area (Å²) in [6.45, 7) is 11.1. The van der Waals surface area contributed by atoms with Crippen LogP contribution >= 0.6 is 0 Å². The average Bonchev–Trinajstić information content (AvgIpc) is 2.40. The van der Waals surface area contributed by atoms with Crippen LogP contribution in [0.2, 0.25) is 0 Å². The third-order valence-corrected chi connectivity index (χ3v) is 4.65. The molecule has 106 valence electrons. The average molecular weight is 254 g/mol. The van der Waals surface area contributed by atoms with E-state index >= 15 is 0 Å². The highest BCUT2D eigenvalue weighted by Gasteiger charge is 2.27. The molecule has 0 aromatic rings. The van der Waals surface area contributed by atoms with Gasteiger partial charge in [-0.3, -0.25) is 4.90 Å². The molecule has 2 rings (SSSR count). The smallest absolute Gasteiger partial charge is 0.0826 e. The highest BCUT2D eigenvalue weighted by molar-refractivity contribution is 4.82. The van der Waals surface area contributed by atoms with Crippen LogP contribution in [0.4, 0.5) is 0 Å². The van der Waals surface area contributed by atoms with Crippen molar-refractivity contribution in [3.63, 3.8) is 0 Å². The molecule has 18 heavy (non-hydrogen) atoms. The molecule has 1 N–H and O–H groups in total. The summed E-state index contributed by atoms with van der Waals surface area (Å²) in [5, 5.41) is 3.66. The highest BCUT2D eigenvalue weighted by atomic mass is 16.5. The summed E-state index contributed by atoms with van der Waals surface area (Å²) in [6.07, 6.45) is 7.46. The Kier molecular flexibility index (Phi) is 5.46. The quantitative estimate of drug-likeness (QED) is 0.814. The Balaban J connectivity index is 1.65. The van der Waals surface area contributed by atoms with Gasteiger partial charge in [0.2, 0.25) is 0 Å². The van der Waals surface area contributed by atoms with Gasteiger partial charge in [-0.1, -0.05) is 33.1 Å². The van der Waals surface area contributed by atoms with Crippen LogP contribution in [0, 0.1) is 5.41 Å². The second-order valence-electron chi connectivity index (χ2n) is 6.39. The number of nitrogens with zero attached hydrogens (tertiary/aromatic N) is 1. The first kappa shape index (κ1) is 14.3. The van der Waals surface area contributed by atoms with Gasteiger partial charge in [-0.2, -0.15) is 0 Å². The molecule has 3 heteroatoms. The van der Waals surface area contributed by atoms with E-state index in [2.05, 4.69) is 24.1 Å². The maximum atomic E-state index is 5.83. The SMILES string of the molecule is CCN1CCOC(CNCC2(C)CCCCC2)C1. The number of likely N-dealkylation sites (N-methyl/N-ethyl adjacent to an activating group) is 1. The Hall–Kier alpha value is -0.120. The zero-order valence-corrected chi connectivity index (χ0v) is 12.2. The largest absolute Gasteiger partial charge is 0.374 e. The molecule has 3 nitrogen and oxygen atoms in total. The molecule has 0 spiro atoms. The van der Waals surface area contributed by atoms with Gasteiger partial charge in [0.15, 0.2) is 0 Å². The van der Waals surface area contributed by atoms with Crippen molar-refractivity contribution in [1.29, 1.82) is 0 Å². The molecule has 2 aliphatic rings. The summed E-state index contributed by atoms with van der Waals surface area (Å²) in [5.74, 6) is 0. The molecule has 0 aromatic carbocycles. The second-order valence-corrected chi connectivity index (χ2v) is 6.39. The Morgan fingerprint density at radius 3 is 2.78 bits per heavy atom. The lowest BCUT2D eigenvalue weighted by Crippen LogP contribution is -2.47. The molecule has 1 aliphatic carbocycles. The van der Waals surface area contributed by atoms with E-state index in [-0.39, 0.29) is 0 Å². The lowest BCUT2D eigenvalue weighted by Gasteiger charge is -2.36. The van der Waals surface area contributed by atoms with E-state index in [9.17, 15) is 0 Å². The number of ether oxygens (including phenoxy) is 1. The molecule has 1 atom stereocenters. The zero-order valence-electron chi connectivity index (χ0n) is 12.2. The van der Waals surface area contributed by atoms with Crippen LogP contribution in [0.1, 0.15) is 46.0 Å². The Morgan fingerprint density at radius 1 is 1.28 bits per heavy atom. The van der Waals surface area contributed by atoms with Crippen LogP contribution in [-0.4, -0.2) is 50.3 Å². The topological polar surface area (TPSA) is 24.5 Å². The monoisotopic (exact) mass is 254 g/mol. The van der Waals surface area contributed by atoms with Crippen molar-refractivity contribution in [3.05, 3.63) is 0 Å². The molecule has 1 aliphatic heterocycles. The minimum atomic E-state index is 0.394. The van der Waals surface area contributed by atoms with E-state index in [1.807, 2.05) is 0 Å². The first-order valence-electron chi connectivity index (χ1n) is 7.76. The number of morpholine rings is 1. The third kappa shape index (κ3) is 4.22. The first-order valence-corrected chi connectivity index (χ1v) is 7.76. The molecule has 1 saturated heterocycles. The molecule has 1 saturated carbocycles. The van der Waals surface area contributed by atoms with Gasteiger partial charge < -0.3 is 10.1 Å². The van der Waals surface area contributed by atoms with E-state index in [0.29, 0.717) is 11.5 Å². The van der Waals surface area contributed by atoms with Crippen molar-refractivity contribution < 1.29 is 4.74 Å². The second kappa shape index (κ2) is 6.88. The minimum absolute atomic E-state index is 0.394. The minimum Gasteiger partial charge on any atom is -0.374 e. The van der Waals surface area contributed by atoms with Gasteiger partial charge in [0.05, 0.1) is 12.7 Å². The number of rotatable bonds is 5. The predicted molar refractivity (Wildman–Crippen MR) is 75.9 cm³/mol. The van der Waals surface area contributed by atoms with Crippen LogP contribution in [-0.2, 0) is 4.74 Å². The molecule has 0 aromatic heterocycles. The van der Waals surface area contributed by atoms with Gasteiger partial charge in [-0.25, -0.2) is 0 Å². The maximum Gasteiger partial charge on any atom is 0.0826 e. The van der Waals surface area contributed by atoms with Crippen molar-refractivity contribution in [2.24, 2.45) is 5.41 Å². The fourth-order valence-corrected chi connectivity index (χ4v) is 3.31. The standard InChI is InChI=1S/C15H30N2O/c1-3-17-9-10-18-14(12-17)11-16-13-15(2)7-5-4-6-8-15/h14,16H,3-13H2,1-2H3. The Morgan fingerprint density at radius 2 is 2.06 bits per heavy atom. The molecule has 1 heterocycles. The number of hydrogen-bond acceptors (Lipinski definition) is 3. The fourth-order valence-electron chi connectivity index (χ4n) is 3.31. The summed E-state index contributed by atoms with van der Waals surface area (Å²) < 4.78 is 5.83. The van der Waals surface area contributed by atoms with Gasteiger partial charge >= 0.3 is 0 Å². The van der Waals surface area contributed by atoms with Gasteiger partial charge in [-0.05, 0) is 24.8 Å². The molecule has 0 bridgehead atoms. The van der Waals surface area contributed by atoms with Gasteiger partial charge in [0, 0.05) is 26.2 Å². The summed E-state index contributed by atoms with van der Waals surface area (Å²) in [7, 11) is 0. The van der Waals surface area contributed by atoms with E-state index in [1.165, 1.54) is 38.6 Å². The van der Waals surface area contributed by atoms with Gasteiger partial charge in [0.1, 0.15) is 0 Å². The van der Waals surface area contributed by atoms with Crippen molar-refractivity contribution in [2.45, 2.75) is 52.1 Å². The molecule has 1 unspecified atom stereocenters. The van der Waals surface area contributed by atoms with E-state index in [0.717, 1.165) is 32.8 Å². The van der Waals surface area contributed by atoms with Crippen molar-refractivity contribution >= 4 is 0 Å². The summed E-state index contributed by atoms with van der Waals surface area (Å²) in [5.41, 5.74) is 0.539. The summed E-state index contributed by atoms with van der Waals surface area (Å²) in [6, 6.07) is 0. The first-order chi connectivity index (χ1) is 8.72. The maximum absolute atomic E-state index is 5.83. The molecule has 2 fully saturated rings. The number of hydrogen-bond donors (Lipinski definition) is 1. The van der Waals surface area contributed by atoms with Gasteiger partial charge in [-0.15, -0.1) is 0 Å². The Bertz CT molecular complexity index is 239. The lowest BCUT2D eigenvalue weighted by atomic mass is 9.76. The fraction of sp³-hybridized carbons (Fsp3) is 1.00. The molecular weight excluding hydrogens is 224 g/mol. The van der Waals surface area contributed by atoms with Crippen LogP contribution in [0.3, 0.4) is 0 Å². The van der Waals surface area contributed by atoms with Crippen LogP contribution in [0.25, 0.3) is 0 Å². The molecular formula is C15H30N2O. The van der Waals surface area contributed by atoms with E-state index < -0.39 is 0 Å². The number of nitrogens with one attached hydrogen (secondary N) is 1. The van der Waals surface area contributed by atoms with Crippen LogP contribution in [0.5, 0.6) is 0 Å². The summed E-state index contributed by atoms with van der Waals surface area (Å²) >= 11 is 0. The zero-order chi connectivity index (χ0) is 12.8. The van der Waals surface area contributed by atoms with Crippen molar-refractivity contribution in [2.75, 3.05) is 39.3 Å². The van der Waals surface area contributed by atoms with E-state index in [4.69, 9.17) is 4.74 Å².